The summed E-state index contributed by atoms with van der Waals surface area (Å²) >= 11 is 10.9. The summed E-state index contributed by atoms with van der Waals surface area (Å²) in [5, 5.41) is 0.733. The van der Waals surface area contributed by atoms with E-state index in [-0.39, 0.29) is 6.10 Å². The van der Waals surface area contributed by atoms with E-state index < -0.39 is 0 Å². The van der Waals surface area contributed by atoms with Crippen LogP contribution in [-0.4, -0.2) is 6.54 Å². The highest BCUT2D eigenvalue weighted by molar-refractivity contribution is 9.11. The van der Waals surface area contributed by atoms with Crippen molar-refractivity contribution >= 4 is 38.9 Å². The summed E-state index contributed by atoms with van der Waals surface area (Å²) in [6.45, 7) is 1.01. The zero-order valence-corrected chi connectivity index (χ0v) is 12.8. The van der Waals surface area contributed by atoms with Crippen molar-refractivity contribution in [3.05, 3.63) is 55.6 Å². The second kappa shape index (κ2) is 6.68. The van der Waals surface area contributed by atoms with Crippen LogP contribution in [-0.2, 0) is 11.3 Å². The number of hydrogen-bond acceptors (Lipinski definition) is 3. The second-order valence-electron chi connectivity index (χ2n) is 3.80. The fourth-order valence-electron chi connectivity index (χ4n) is 1.55. The van der Waals surface area contributed by atoms with Crippen LogP contribution in [0.25, 0.3) is 0 Å². The van der Waals surface area contributed by atoms with Crippen LogP contribution in [0.15, 0.2) is 40.2 Å². The van der Waals surface area contributed by atoms with Gasteiger partial charge in [0.2, 0.25) is 0 Å². The van der Waals surface area contributed by atoms with Crippen molar-refractivity contribution in [3.8, 4) is 0 Å². The standard InChI is InChI=1S/C13H13BrClNOS/c14-13-6-5-12(18-13)11(7-16)17-8-9-1-3-10(15)4-2-9/h1-6,11H,7-8,16H2. The lowest BCUT2D eigenvalue weighted by atomic mass is 10.2. The Balaban J connectivity index is 1.97. The van der Waals surface area contributed by atoms with Gasteiger partial charge in [-0.2, -0.15) is 0 Å². The third-order valence-electron chi connectivity index (χ3n) is 2.49. The van der Waals surface area contributed by atoms with Crippen LogP contribution in [0.2, 0.25) is 5.02 Å². The van der Waals surface area contributed by atoms with Gasteiger partial charge >= 0.3 is 0 Å². The van der Waals surface area contributed by atoms with Gasteiger partial charge in [-0.05, 0) is 45.8 Å². The first-order chi connectivity index (χ1) is 8.69. The predicted octanol–water partition coefficient (Wildman–Crippen LogP) is 4.38. The Morgan fingerprint density at radius 3 is 2.50 bits per heavy atom. The van der Waals surface area contributed by atoms with E-state index in [0.29, 0.717) is 13.2 Å². The van der Waals surface area contributed by atoms with Gasteiger partial charge in [0.15, 0.2) is 0 Å². The van der Waals surface area contributed by atoms with E-state index in [4.69, 9.17) is 22.1 Å². The molecule has 0 fully saturated rings. The number of benzene rings is 1. The molecule has 18 heavy (non-hydrogen) atoms. The summed E-state index contributed by atoms with van der Waals surface area (Å²) in [7, 11) is 0. The molecule has 1 heterocycles. The van der Waals surface area contributed by atoms with Gasteiger partial charge < -0.3 is 10.5 Å². The van der Waals surface area contributed by atoms with E-state index in [1.165, 1.54) is 0 Å². The molecule has 0 aliphatic rings. The zero-order valence-electron chi connectivity index (χ0n) is 9.61. The van der Waals surface area contributed by atoms with E-state index in [9.17, 15) is 0 Å². The van der Waals surface area contributed by atoms with Crippen LogP contribution >= 0.6 is 38.9 Å². The molecule has 0 radical (unpaired) electrons. The number of nitrogens with two attached hydrogens (primary N) is 1. The summed E-state index contributed by atoms with van der Waals surface area (Å²) in [6, 6.07) is 11.7. The average Bonchev–Trinajstić information content (AvgIpc) is 2.79. The fourth-order valence-corrected chi connectivity index (χ4v) is 3.16. The smallest absolute Gasteiger partial charge is 0.104 e. The molecular formula is C13H13BrClNOS. The zero-order chi connectivity index (χ0) is 13.0. The van der Waals surface area contributed by atoms with E-state index in [2.05, 4.69) is 15.9 Å². The number of hydrogen-bond donors (Lipinski definition) is 1. The predicted molar refractivity (Wildman–Crippen MR) is 80.1 cm³/mol. The molecule has 0 saturated heterocycles. The van der Waals surface area contributed by atoms with Crippen molar-refractivity contribution in [1.82, 2.24) is 0 Å². The molecule has 0 amide bonds. The SMILES string of the molecule is NCC(OCc1ccc(Cl)cc1)c1ccc(Br)s1. The Kier molecular flexibility index (Phi) is 5.21. The Morgan fingerprint density at radius 2 is 1.94 bits per heavy atom. The first kappa shape index (κ1) is 14.0. The maximum Gasteiger partial charge on any atom is 0.104 e. The molecule has 1 aromatic heterocycles. The first-order valence-corrected chi connectivity index (χ1v) is 7.49. The molecule has 0 aliphatic carbocycles. The van der Waals surface area contributed by atoms with Gasteiger partial charge in [-0.15, -0.1) is 11.3 Å². The van der Waals surface area contributed by atoms with E-state index in [0.717, 1.165) is 19.2 Å². The molecular weight excluding hydrogens is 334 g/mol. The fraction of sp³-hybridized carbons (Fsp3) is 0.231. The lowest BCUT2D eigenvalue weighted by molar-refractivity contribution is 0.0480. The normalized spacial score (nSPS) is 12.6. The molecule has 5 heteroatoms. The minimum absolute atomic E-state index is 0.0584. The highest BCUT2D eigenvalue weighted by Gasteiger charge is 2.12. The highest BCUT2D eigenvalue weighted by atomic mass is 79.9. The van der Waals surface area contributed by atoms with Crippen LogP contribution in [0.3, 0.4) is 0 Å². The molecule has 2 rings (SSSR count). The van der Waals surface area contributed by atoms with Crippen LogP contribution in [0, 0.1) is 0 Å². The minimum atomic E-state index is -0.0584. The van der Waals surface area contributed by atoms with Gasteiger partial charge in [-0.1, -0.05) is 23.7 Å². The first-order valence-electron chi connectivity index (χ1n) is 5.50. The van der Waals surface area contributed by atoms with Crippen LogP contribution in [0.5, 0.6) is 0 Å². The van der Waals surface area contributed by atoms with Gasteiger partial charge in [0.05, 0.1) is 10.4 Å². The summed E-state index contributed by atoms with van der Waals surface area (Å²) < 4.78 is 6.93. The monoisotopic (exact) mass is 345 g/mol. The third-order valence-corrected chi connectivity index (χ3v) is 4.46. The van der Waals surface area contributed by atoms with Gasteiger partial charge in [-0.25, -0.2) is 0 Å². The molecule has 0 aliphatic heterocycles. The molecule has 0 saturated carbocycles. The van der Waals surface area contributed by atoms with Gasteiger partial charge in [-0.3, -0.25) is 0 Å². The highest BCUT2D eigenvalue weighted by Crippen LogP contribution is 2.29. The van der Waals surface area contributed by atoms with Crippen molar-refractivity contribution < 1.29 is 4.74 Å². The van der Waals surface area contributed by atoms with Crippen LogP contribution in [0.1, 0.15) is 16.5 Å². The molecule has 2 nitrogen and oxygen atoms in total. The molecule has 1 atom stereocenters. The van der Waals surface area contributed by atoms with Crippen molar-refractivity contribution in [2.75, 3.05) is 6.54 Å². The number of thiophene rings is 1. The third kappa shape index (κ3) is 3.80. The molecule has 1 unspecified atom stereocenters. The van der Waals surface area contributed by atoms with Gasteiger partial charge in [0.1, 0.15) is 6.10 Å². The van der Waals surface area contributed by atoms with E-state index in [1.54, 1.807) is 11.3 Å². The van der Waals surface area contributed by atoms with Crippen LogP contribution in [0.4, 0.5) is 0 Å². The molecule has 0 bridgehead atoms. The number of halogens is 2. The Bertz CT molecular complexity index is 500. The molecule has 2 N–H and O–H groups in total. The molecule has 96 valence electrons. The quantitative estimate of drug-likeness (QED) is 0.872. The van der Waals surface area contributed by atoms with Gasteiger partial charge in [0.25, 0.3) is 0 Å². The molecule has 1 aromatic carbocycles. The van der Waals surface area contributed by atoms with Crippen molar-refractivity contribution in [1.29, 1.82) is 0 Å². The maximum atomic E-state index is 5.84. The Hall–Kier alpha value is -0.390. The molecule has 2 aromatic rings. The summed E-state index contributed by atoms with van der Waals surface area (Å²) in [5.74, 6) is 0. The summed E-state index contributed by atoms with van der Waals surface area (Å²) in [5.41, 5.74) is 6.84. The Labute approximate surface area is 124 Å². The average molecular weight is 347 g/mol. The topological polar surface area (TPSA) is 35.2 Å². The summed E-state index contributed by atoms with van der Waals surface area (Å²) in [4.78, 5) is 1.14. The number of rotatable bonds is 5. The Morgan fingerprint density at radius 1 is 1.22 bits per heavy atom. The summed E-state index contributed by atoms with van der Waals surface area (Å²) in [6.07, 6.45) is -0.0584. The lowest BCUT2D eigenvalue weighted by Gasteiger charge is -2.14. The largest absolute Gasteiger partial charge is 0.367 e. The van der Waals surface area contributed by atoms with Crippen molar-refractivity contribution in [3.63, 3.8) is 0 Å². The number of ether oxygens (including phenoxy) is 1. The van der Waals surface area contributed by atoms with E-state index in [1.807, 2.05) is 36.4 Å². The lowest BCUT2D eigenvalue weighted by Crippen LogP contribution is -2.14. The van der Waals surface area contributed by atoms with Gasteiger partial charge in [0, 0.05) is 16.4 Å². The van der Waals surface area contributed by atoms with Crippen LogP contribution < -0.4 is 5.73 Å². The molecule has 0 spiro atoms. The van der Waals surface area contributed by atoms with E-state index >= 15 is 0 Å². The van der Waals surface area contributed by atoms with Crippen molar-refractivity contribution in [2.24, 2.45) is 5.73 Å². The maximum absolute atomic E-state index is 5.84. The minimum Gasteiger partial charge on any atom is -0.367 e. The van der Waals surface area contributed by atoms with Crippen molar-refractivity contribution in [2.45, 2.75) is 12.7 Å². The second-order valence-corrected chi connectivity index (χ2v) is 6.73.